The van der Waals surface area contributed by atoms with Crippen molar-refractivity contribution in [1.29, 1.82) is 0 Å². The second-order valence-corrected chi connectivity index (χ2v) is 2.46. The molecule has 0 bridgehead atoms. The number of rotatable bonds is 0. The lowest BCUT2D eigenvalue weighted by atomic mass is 10.6. The van der Waals surface area contributed by atoms with Gasteiger partial charge in [0.1, 0.15) is 5.52 Å². The number of aromatic nitrogens is 5. The Balaban J connectivity index is 2.86. The summed E-state index contributed by atoms with van der Waals surface area (Å²) in [6.07, 6.45) is 1.46. The van der Waals surface area contributed by atoms with Gasteiger partial charge in [0.2, 0.25) is 10.9 Å². The van der Waals surface area contributed by atoms with E-state index in [1.54, 1.807) is 0 Å². The highest BCUT2D eigenvalue weighted by molar-refractivity contribution is 6.28. The fraction of sp³-hybridized carbons (Fsp3) is 0. The van der Waals surface area contributed by atoms with Crippen LogP contribution in [0.2, 0.25) is 5.28 Å². The predicted molar refractivity (Wildman–Crippen MR) is 39.4 cm³/mol. The molecule has 2 heterocycles. The Morgan fingerprint density at radius 1 is 1.45 bits per heavy atom. The third kappa shape index (κ3) is 1.02. The summed E-state index contributed by atoms with van der Waals surface area (Å²) in [5.74, 6) is 0. The van der Waals surface area contributed by atoms with Crippen LogP contribution < -0.4 is 0 Å². The molecule has 0 aliphatic carbocycles. The Labute approximate surface area is 71.1 Å². The molecule has 0 atom stereocenters. The minimum absolute atomic E-state index is 0.134. The summed E-state index contributed by atoms with van der Waals surface area (Å²) >= 11 is 11.0. The monoisotopic (exact) mass is 189 g/mol. The zero-order chi connectivity index (χ0) is 7.84. The molecule has 2 rings (SSSR count). The summed E-state index contributed by atoms with van der Waals surface area (Å²) in [6, 6.07) is 0. The van der Waals surface area contributed by atoms with E-state index in [-0.39, 0.29) is 5.28 Å². The fourth-order valence-electron chi connectivity index (χ4n) is 0.679. The minimum atomic E-state index is 0.134. The molecule has 0 unspecified atom stereocenters. The second-order valence-electron chi connectivity index (χ2n) is 1.80. The van der Waals surface area contributed by atoms with E-state index in [1.807, 2.05) is 0 Å². The normalized spacial score (nSPS) is 10.7. The van der Waals surface area contributed by atoms with E-state index in [2.05, 4.69) is 20.3 Å². The van der Waals surface area contributed by atoms with Gasteiger partial charge in [-0.25, -0.2) is 4.98 Å². The maximum atomic E-state index is 5.54. The van der Waals surface area contributed by atoms with Crippen LogP contribution >= 0.6 is 23.4 Å². The molecule has 0 saturated carbocycles. The molecule has 5 nitrogen and oxygen atoms in total. The smallest absolute Gasteiger partial charge is 0.224 e. The van der Waals surface area contributed by atoms with Crippen LogP contribution in [-0.4, -0.2) is 24.5 Å². The van der Waals surface area contributed by atoms with Crippen molar-refractivity contribution in [2.75, 3.05) is 0 Å². The van der Waals surface area contributed by atoms with Crippen molar-refractivity contribution in [3.63, 3.8) is 0 Å². The highest BCUT2D eigenvalue weighted by Gasteiger charge is 2.04. The third-order valence-corrected chi connectivity index (χ3v) is 1.57. The number of hydrogen-bond donors (Lipinski definition) is 0. The summed E-state index contributed by atoms with van der Waals surface area (Å²) < 4.78 is 1.06. The molecule has 7 heteroatoms. The molecule has 0 aliphatic heterocycles. The molecule has 0 radical (unpaired) electrons. The van der Waals surface area contributed by atoms with Crippen molar-refractivity contribution >= 4 is 34.5 Å². The Bertz CT molecular complexity index is 396. The lowest BCUT2D eigenvalue weighted by Gasteiger charge is -1.86. The van der Waals surface area contributed by atoms with Crippen molar-refractivity contribution in [2.24, 2.45) is 0 Å². The van der Waals surface area contributed by atoms with Gasteiger partial charge in [-0.3, -0.25) is 0 Å². The van der Waals surface area contributed by atoms with Gasteiger partial charge in [-0.15, -0.1) is 9.30 Å². The van der Waals surface area contributed by atoms with Crippen LogP contribution in [0.3, 0.4) is 0 Å². The molecular weight excluding hydrogens is 189 g/mol. The first-order valence-corrected chi connectivity index (χ1v) is 3.39. The van der Waals surface area contributed by atoms with Crippen molar-refractivity contribution in [3.05, 3.63) is 11.5 Å². The number of nitrogens with zero attached hydrogens (tertiary/aromatic N) is 5. The van der Waals surface area contributed by atoms with Gasteiger partial charge in [-0.05, 0) is 16.8 Å². The topological polar surface area (TPSA) is 56.5 Å². The Kier molecular flexibility index (Phi) is 1.40. The number of fused-ring (bicyclic) bond motifs is 1. The van der Waals surface area contributed by atoms with E-state index in [0.717, 1.165) is 4.20 Å². The zero-order valence-electron chi connectivity index (χ0n) is 5.07. The van der Waals surface area contributed by atoms with E-state index in [4.69, 9.17) is 23.4 Å². The van der Waals surface area contributed by atoms with Gasteiger partial charge in [-0.1, -0.05) is 0 Å². The molecule has 0 N–H and O–H groups in total. The average Bonchev–Trinajstić information content (AvgIpc) is 2.32. The SMILES string of the molecule is Clc1ncc2c(nnn2Cl)n1. The second kappa shape index (κ2) is 2.28. The lowest BCUT2D eigenvalue weighted by molar-refractivity contribution is 0.897. The molecule has 0 aromatic carbocycles. The van der Waals surface area contributed by atoms with Gasteiger partial charge in [0.15, 0.2) is 0 Å². The van der Waals surface area contributed by atoms with Gasteiger partial charge in [-0.2, -0.15) is 4.98 Å². The van der Waals surface area contributed by atoms with Crippen LogP contribution in [0.1, 0.15) is 0 Å². The van der Waals surface area contributed by atoms with Gasteiger partial charge >= 0.3 is 0 Å². The molecule has 0 amide bonds. The molecule has 2 aromatic rings. The first-order chi connectivity index (χ1) is 5.27. The minimum Gasteiger partial charge on any atom is -0.224 e. The van der Waals surface area contributed by atoms with Crippen molar-refractivity contribution < 1.29 is 0 Å². The van der Waals surface area contributed by atoms with Gasteiger partial charge in [0, 0.05) is 11.8 Å². The van der Waals surface area contributed by atoms with E-state index >= 15 is 0 Å². The average molecular weight is 190 g/mol. The Hall–Kier alpha value is -0.940. The van der Waals surface area contributed by atoms with Gasteiger partial charge in [0.05, 0.1) is 6.20 Å². The van der Waals surface area contributed by atoms with E-state index in [1.165, 1.54) is 6.20 Å². The quantitative estimate of drug-likeness (QED) is 0.578. The van der Waals surface area contributed by atoms with Crippen LogP contribution in [0.15, 0.2) is 6.20 Å². The summed E-state index contributed by atoms with van der Waals surface area (Å²) in [5, 5.41) is 7.27. The van der Waals surface area contributed by atoms with Gasteiger partial charge < -0.3 is 0 Å². The Morgan fingerprint density at radius 2 is 2.27 bits per heavy atom. The molecule has 11 heavy (non-hydrogen) atoms. The lowest BCUT2D eigenvalue weighted by Crippen LogP contribution is -1.84. The number of hydrogen-bond acceptors (Lipinski definition) is 4. The largest absolute Gasteiger partial charge is 0.224 e. The van der Waals surface area contributed by atoms with Crippen LogP contribution in [0, 0.1) is 0 Å². The van der Waals surface area contributed by atoms with Gasteiger partial charge in [0.25, 0.3) is 0 Å². The molecule has 56 valence electrons. The predicted octanol–water partition coefficient (Wildman–Crippen LogP) is 0.877. The van der Waals surface area contributed by atoms with Crippen LogP contribution in [-0.2, 0) is 0 Å². The van der Waals surface area contributed by atoms with Crippen LogP contribution in [0.5, 0.6) is 0 Å². The Morgan fingerprint density at radius 3 is 3.09 bits per heavy atom. The standard InChI is InChI=1S/C4HCl2N5/c5-4-7-1-2-3(8-4)9-10-11(2)6/h1H. The maximum absolute atomic E-state index is 5.54. The molecule has 2 aromatic heterocycles. The van der Waals surface area contributed by atoms with E-state index < -0.39 is 0 Å². The highest BCUT2D eigenvalue weighted by Crippen LogP contribution is 2.09. The maximum Gasteiger partial charge on any atom is 0.224 e. The molecule has 0 aliphatic rings. The van der Waals surface area contributed by atoms with Crippen molar-refractivity contribution in [2.45, 2.75) is 0 Å². The van der Waals surface area contributed by atoms with E-state index in [0.29, 0.717) is 11.2 Å². The molecule has 0 spiro atoms. The third-order valence-electron chi connectivity index (χ3n) is 1.14. The van der Waals surface area contributed by atoms with Crippen LogP contribution in [0.25, 0.3) is 11.2 Å². The summed E-state index contributed by atoms with van der Waals surface area (Å²) in [6.45, 7) is 0. The molecule has 0 saturated heterocycles. The summed E-state index contributed by atoms with van der Waals surface area (Å²) in [4.78, 5) is 7.48. The molecule has 0 fully saturated rings. The fourth-order valence-corrected chi connectivity index (χ4v) is 0.961. The highest BCUT2D eigenvalue weighted by atomic mass is 35.5. The van der Waals surface area contributed by atoms with Crippen molar-refractivity contribution in [3.8, 4) is 0 Å². The first-order valence-electron chi connectivity index (χ1n) is 2.67. The van der Waals surface area contributed by atoms with E-state index in [9.17, 15) is 0 Å². The summed E-state index contributed by atoms with van der Waals surface area (Å²) in [7, 11) is 0. The molecular formula is C4HCl2N5. The summed E-state index contributed by atoms with van der Waals surface area (Å²) in [5.41, 5.74) is 0.927. The number of halogens is 2. The zero-order valence-corrected chi connectivity index (χ0v) is 6.58. The van der Waals surface area contributed by atoms with Crippen molar-refractivity contribution in [1.82, 2.24) is 24.5 Å². The first kappa shape index (κ1) is 6.75. The van der Waals surface area contributed by atoms with Crippen LogP contribution in [0.4, 0.5) is 0 Å².